The van der Waals surface area contributed by atoms with Gasteiger partial charge in [0.25, 0.3) is 5.91 Å². The number of aromatic amines is 1. The lowest BCUT2D eigenvalue weighted by Crippen LogP contribution is -2.29. The van der Waals surface area contributed by atoms with Crippen LogP contribution < -0.4 is 14.8 Å². The molecule has 7 heteroatoms. The average molecular weight is 487 g/mol. The number of rotatable bonds is 8. The van der Waals surface area contributed by atoms with Crippen LogP contribution in [0.1, 0.15) is 40.1 Å². The van der Waals surface area contributed by atoms with Gasteiger partial charge in [0.05, 0.1) is 13.7 Å². The Labute approximate surface area is 208 Å². The van der Waals surface area contributed by atoms with Crippen molar-refractivity contribution in [2.45, 2.75) is 19.8 Å². The van der Waals surface area contributed by atoms with Crippen LogP contribution in [0.3, 0.4) is 0 Å². The molecular formula is C29H27FN2O4. The molecule has 0 fully saturated rings. The second kappa shape index (κ2) is 9.77. The maximum absolute atomic E-state index is 13.7. The lowest BCUT2D eigenvalue weighted by Gasteiger charge is -2.20. The third-order valence-corrected chi connectivity index (χ3v) is 6.46. The summed E-state index contributed by atoms with van der Waals surface area (Å²) in [5.74, 6) is 0.555. The van der Waals surface area contributed by atoms with Crippen LogP contribution in [0.2, 0.25) is 0 Å². The molecule has 0 aliphatic rings. The van der Waals surface area contributed by atoms with Gasteiger partial charge in [-0.2, -0.15) is 0 Å². The number of carbonyl (C=O) groups is 1. The fraction of sp³-hybridized carbons (Fsp3) is 0.207. The van der Waals surface area contributed by atoms with Crippen LogP contribution in [-0.2, 0) is 0 Å². The number of methoxy groups -OCH3 is 1. The molecule has 0 spiro atoms. The Hall–Kier alpha value is -4.26. The van der Waals surface area contributed by atoms with Crippen LogP contribution in [0.4, 0.5) is 4.39 Å². The van der Waals surface area contributed by atoms with Crippen molar-refractivity contribution in [1.29, 1.82) is 0 Å². The molecule has 2 N–H and O–H groups in total. The zero-order valence-electron chi connectivity index (χ0n) is 20.4. The number of ether oxygens (including phenoxy) is 2. The average Bonchev–Trinajstić information content (AvgIpc) is 3.46. The van der Waals surface area contributed by atoms with Crippen molar-refractivity contribution in [3.8, 4) is 11.5 Å². The predicted octanol–water partition coefficient (Wildman–Crippen LogP) is 6.33. The van der Waals surface area contributed by atoms with Gasteiger partial charge in [0.15, 0.2) is 17.3 Å². The largest absolute Gasteiger partial charge is 0.493 e. The van der Waals surface area contributed by atoms with E-state index in [4.69, 9.17) is 13.9 Å². The topological polar surface area (TPSA) is 76.5 Å². The molecule has 36 heavy (non-hydrogen) atoms. The fourth-order valence-corrected chi connectivity index (χ4v) is 4.65. The Morgan fingerprint density at radius 3 is 2.72 bits per heavy atom. The normalized spacial score (nSPS) is 12.1. The van der Waals surface area contributed by atoms with Crippen molar-refractivity contribution >= 4 is 27.8 Å². The number of benzene rings is 3. The zero-order valence-corrected chi connectivity index (χ0v) is 20.4. The smallest absolute Gasteiger partial charge is 0.287 e. The molecule has 0 bridgehead atoms. The Morgan fingerprint density at radius 1 is 1.08 bits per heavy atom. The molecule has 6 nitrogen and oxygen atoms in total. The van der Waals surface area contributed by atoms with Gasteiger partial charge < -0.3 is 24.2 Å². The molecule has 0 aliphatic heterocycles. The minimum absolute atomic E-state index is 0.178. The number of amides is 1. The molecule has 0 saturated carbocycles. The van der Waals surface area contributed by atoms with Gasteiger partial charge in [0.2, 0.25) is 0 Å². The molecule has 0 radical (unpaired) electrons. The Kier molecular flexibility index (Phi) is 6.38. The van der Waals surface area contributed by atoms with Crippen molar-refractivity contribution in [3.05, 3.63) is 95.1 Å². The molecule has 0 saturated heterocycles. The highest BCUT2D eigenvalue weighted by atomic mass is 19.1. The van der Waals surface area contributed by atoms with Gasteiger partial charge in [0, 0.05) is 40.5 Å². The summed E-state index contributed by atoms with van der Waals surface area (Å²) in [5.41, 5.74) is 4.10. The second-order valence-electron chi connectivity index (χ2n) is 8.59. The van der Waals surface area contributed by atoms with E-state index in [1.54, 1.807) is 14.0 Å². The first kappa shape index (κ1) is 23.5. The van der Waals surface area contributed by atoms with Gasteiger partial charge in [-0.15, -0.1) is 0 Å². The summed E-state index contributed by atoms with van der Waals surface area (Å²) in [5, 5.41) is 4.69. The van der Waals surface area contributed by atoms with Crippen molar-refractivity contribution in [3.63, 3.8) is 0 Å². The molecule has 0 unspecified atom stereocenters. The molecule has 3 aromatic carbocycles. The van der Waals surface area contributed by atoms with Crippen LogP contribution in [0, 0.1) is 12.7 Å². The third kappa shape index (κ3) is 4.28. The monoisotopic (exact) mass is 486 g/mol. The second-order valence-corrected chi connectivity index (χ2v) is 8.59. The number of carbonyl (C=O) groups excluding carboxylic acids is 1. The van der Waals surface area contributed by atoms with Crippen LogP contribution in [0.5, 0.6) is 11.5 Å². The van der Waals surface area contributed by atoms with Crippen molar-refractivity contribution in [1.82, 2.24) is 10.3 Å². The molecule has 184 valence electrons. The maximum Gasteiger partial charge on any atom is 0.287 e. The third-order valence-electron chi connectivity index (χ3n) is 6.46. The van der Waals surface area contributed by atoms with Gasteiger partial charge in [-0.25, -0.2) is 4.39 Å². The summed E-state index contributed by atoms with van der Waals surface area (Å²) in [6.45, 7) is 4.52. The van der Waals surface area contributed by atoms with Gasteiger partial charge in [-0.3, -0.25) is 4.79 Å². The van der Waals surface area contributed by atoms with Crippen LogP contribution in [-0.4, -0.2) is 31.2 Å². The number of furan rings is 1. The number of nitrogens with one attached hydrogen (secondary N) is 2. The Morgan fingerprint density at radius 2 is 1.92 bits per heavy atom. The fourth-order valence-electron chi connectivity index (χ4n) is 4.65. The van der Waals surface area contributed by atoms with Crippen LogP contribution >= 0.6 is 0 Å². The molecular weight excluding hydrogens is 459 g/mol. The lowest BCUT2D eigenvalue weighted by atomic mass is 9.90. The van der Waals surface area contributed by atoms with Crippen LogP contribution in [0.15, 0.2) is 71.3 Å². The van der Waals surface area contributed by atoms with Gasteiger partial charge in [-0.05, 0) is 61.4 Å². The first-order chi connectivity index (χ1) is 17.5. The summed E-state index contributed by atoms with van der Waals surface area (Å²) in [6.07, 6.45) is 1.97. The predicted molar refractivity (Wildman–Crippen MR) is 138 cm³/mol. The van der Waals surface area contributed by atoms with E-state index in [1.165, 1.54) is 18.2 Å². The number of halogens is 1. The van der Waals surface area contributed by atoms with E-state index in [1.807, 2.05) is 49.5 Å². The van der Waals surface area contributed by atoms with Crippen molar-refractivity contribution in [2.75, 3.05) is 20.3 Å². The summed E-state index contributed by atoms with van der Waals surface area (Å²) in [6, 6.07) is 18.1. The quantitative estimate of drug-likeness (QED) is 0.269. The minimum Gasteiger partial charge on any atom is -0.493 e. The molecule has 1 amide bonds. The number of fused-ring (bicyclic) bond motifs is 2. The van der Waals surface area contributed by atoms with E-state index >= 15 is 0 Å². The van der Waals surface area contributed by atoms with E-state index in [9.17, 15) is 9.18 Å². The summed E-state index contributed by atoms with van der Waals surface area (Å²) < 4.78 is 30.8. The van der Waals surface area contributed by atoms with Crippen molar-refractivity contribution in [2.24, 2.45) is 0 Å². The molecule has 5 aromatic rings. The summed E-state index contributed by atoms with van der Waals surface area (Å²) >= 11 is 0. The molecule has 0 aliphatic carbocycles. The lowest BCUT2D eigenvalue weighted by molar-refractivity contribution is 0.0926. The number of hydrogen-bond acceptors (Lipinski definition) is 4. The highest BCUT2D eigenvalue weighted by molar-refractivity contribution is 5.99. The molecule has 2 heterocycles. The van der Waals surface area contributed by atoms with E-state index in [2.05, 4.69) is 16.4 Å². The van der Waals surface area contributed by atoms with Gasteiger partial charge >= 0.3 is 0 Å². The molecule has 5 rings (SSSR count). The first-order valence-electron chi connectivity index (χ1n) is 11.8. The number of aryl methyl sites for hydroxylation is 1. The van der Waals surface area contributed by atoms with Gasteiger partial charge in [-0.1, -0.05) is 24.3 Å². The minimum atomic E-state index is -0.373. The molecule has 1 atom stereocenters. The first-order valence-corrected chi connectivity index (χ1v) is 11.8. The highest BCUT2D eigenvalue weighted by Gasteiger charge is 2.23. The highest BCUT2D eigenvalue weighted by Crippen LogP contribution is 2.36. The van der Waals surface area contributed by atoms with E-state index in [-0.39, 0.29) is 23.4 Å². The zero-order chi connectivity index (χ0) is 25.2. The number of hydrogen-bond donors (Lipinski definition) is 2. The van der Waals surface area contributed by atoms with Crippen LogP contribution in [0.25, 0.3) is 21.9 Å². The van der Waals surface area contributed by atoms with E-state index < -0.39 is 0 Å². The van der Waals surface area contributed by atoms with Gasteiger partial charge in [0.1, 0.15) is 11.4 Å². The van der Waals surface area contributed by atoms with E-state index in [0.717, 1.165) is 22.0 Å². The van der Waals surface area contributed by atoms with Crippen molar-refractivity contribution < 1.29 is 23.1 Å². The Balaban J connectivity index is 1.50. The SMILES string of the molecule is CCOc1ccc([C@H](CNC(=O)c2oc3ccc(F)cc3c2C)c2c[nH]c3ccccc23)cc1OC. The number of aromatic nitrogens is 1. The Bertz CT molecular complexity index is 1550. The maximum atomic E-state index is 13.7. The molecule has 2 aromatic heterocycles. The van der Waals surface area contributed by atoms with E-state index in [0.29, 0.717) is 41.2 Å². The number of H-pyrrole nitrogens is 1. The standard InChI is InChI=1S/C29H27FN2O4/c1-4-35-26-11-9-18(13-27(26)34-3)22(23-16-31-24-8-6-5-7-20(23)24)15-32-29(33)28-17(2)21-14-19(30)10-12-25(21)36-28/h5-14,16,22,31H,4,15H2,1-3H3,(H,32,33)/t22-/m0/s1. The number of para-hydroxylation sites is 1. The summed E-state index contributed by atoms with van der Waals surface area (Å²) in [4.78, 5) is 16.5. The summed E-state index contributed by atoms with van der Waals surface area (Å²) in [7, 11) is 1.61.